The number of ether oxygens (including phenoxy) is 1. The van der Waals surface area contributed by atoms with Crippen molar-refractivity contribution in [3.8, 4) is 6.07 Å². The van der Waals surface area contributed by atoms with Gasteiger partial charge in [0.05, 0.1) is 24.4 Å². The molecule has 0 aromatic carbocycles. The third-order valence-corrected chi connectivity index (χ3v) is 2.00. The number of hydrogen-bond acceptors (Lipinski definition) is 4. The third kappa shape index (κ3) is 2.63. The molecule has 0 unspecified atom stereocenters. The molecule has 0 spiro atoms. The van der Waals surface area contributed by atoms with Crippen LogP contribution in [-0.4, -0.2) is 30.2 Å². The van der Waals surface area contributed by atoms with Gasteiger partial charge in [0, 0.05) is 13.1 Å². The molecule has 0 amide bonds. The van der Waals surface area contributed by atoms with Crippen molar-refractivity contribution in [2.24, 2.45) is 5.73 Å². The SMILES string of the molecule is C[C@@H]1CN(/C(N)=C/C#N)C[C@@H](C)O1. The first-order chi connectivity index (χ1) is 6.13. The van der Waals surface area contributed by atoms with Crippen molar-refractivity contribution in [2.45, 2.75) is 26.1 Å². The Balaban J connectivity index is 2.61. The summed E-state index contributed by atoms with van der Waals surface area (Å²) in [5, 5.41) is 8.43. The first-order valence-electron chi connectivity index (χ1n) is 4.39. The number of nitriles is 1. The van der Waals surface area contributed by atoms with Crippen LogP contribution >= 0.6 is 0 Å². The largest absolute Gasteiger partial charge is 0.385 e. The van der Waals surface area contributed by atoms with Crippen LogP contribution in [0.2, 0.25) is 0 Å². The Morgan fingerprint density at radius 2 is 2.08 bits per heavy atom. The third-order valence-electron chi connectivity index (χ3n) is 2.00. The summed E-state index contributed by atoms with van der Waals surface area (Å²) < 4.78 is 5.54. The van der Waals surface area contributed by atoms with Gasteiger partial charge in [-0.2, -0.15) is 5.26 Å². The van der Waals surface area contributed by atoms with E-state index in [2.05, 4.69) is 0 Å². The number of nitrogens with zero attached hydrogens (tertiary/aromatic N) is 2. The van der Waals surface area contributed by atoms with E-state index >= 15 is 0 Å². The van der Waals surface area contributed by atoms with E-state index < -0.39 is 0 Å². The molecule has 2 N–H and O–H groups in total. The summed E-state index contributed by atoms with van der Waals surface area (Å²) in [6, 6.07) is 1.92. The van der Waals surface area contributed by atoms with Crippen LogP contribution in [0, 0.1) is 11.3 Å². The molecule has 2 atom stereocenters. The van der Waals surface area contributed by atoms with Crippen LogP contribution in [0.1, 0.15) is 13.8 Å². The fourth-order valence-corrected chi connectivity index (χ4v) is 1.55. The summed E-state index contributed by atoms with van der Waals surface area (Å²) in [4.78, 5) is 1.97. The molecule has 0 aromatic rings. The van der Waals surface area contributed by atoms with E-state index in [0.717, 1.165) is 13.1 Å². The van der Waals surface area contributed by atoms with Gasteiger partial charge in [-0.3, -0.25) is 0 Å². The lowest BCUT2D eigenvalue weighted by atomic mass is 10.2. The molecule has 1 aliphatic heterocycles. The Hall–Kier alpha value is -1.21. The van der Waals surface area contributed by atoms with Crippen LogP contribution in [0.3, 0.4) is 0 Å². The summed E-state index contributed by atoms with van der Waals surface area (Å²) in [5.74, 6) is 0.532. The van der Waals surface area contributed by atoms with Gasteiger partial charge in [0.25, 0.3) is 0 Å². The highest BCUT2D eigenvalue weighted by atomic mass is 16.5. The summed E-state index contributed by atoms with van der Waals surface area (Å²) >= 11 is 0. The molecule has 72 valence electrons. The van der Waals surface area contributed by atoms with E-state index in [1.165, 1.54) is 6.08 Å². The van der Waals surface area contributed by atoms with E-state index in [1.54, 1.807) is 0 Å². The monoisotopic (exact) mass is 181 g/mol. The lowest BCUT2D eigenvalue weighted by Gasteiger charge is -2.36. The molecule has 4 nitrogen and oxygen atoms in total. The summed E-state index contributed by atoms with van der Waals surface area (Å²) in [6.07, 6.45) is 1.72. The Kier molecular flexibility index (Phi) is 3.15. The summed E-state index contributed by atoms with van der Waals surface area (Å²) in [7, 11) is 0. The van der Waals surface area contributed by atoms with Crippen molar-refractivity contribution >= 4 is 0 Å². The molecule has 0 aliphatic carbocycles. The highest BCUT2D eigenvalue weighted by Crippen LogP contribution is 2.12. The second-order valence-electron chi connectivity index (χ2n) is 3.36. The number of allylic oxidation sites excluding steroid dienone is 1. The molecule has 1 rings (SSSR count). The summed E-state index contributed by atoms with van der Waals surface area (Å²) in [6.45, 7) is 5.52. The maximum absolute atomic E-state index is 8.43. The van der Waals surface area contributed by atoms with Crippen molar-refractivity contribution in [1.29, 1.82) is 5.26 Å². The quantitative estimate of drug-likeness (QED) is 0.595. The van der Waals surface area contributed by atoms with Gasteiger partial charge in [-0.25, -0.2) is 0 Å². The van der Waals surface area contributed by atoms with Crippen LogP contribution in [0.5, 0.6) is 0 Å². The minimum absolute atomic E-state index is 0.175. The van der Waals surface area contributed by atoms with Crippen LogP contribution in [0.4, 0.5) is 0 Å². The Morgan fingerprint density at radius 3 is 2.54 bits per heavy atom. The molecule has 0 aromatic heterocycles. The molecule has 13 heavy (non-hydrogen) atoms. The molecular weight excluding hydrogens is 166 g/mol. The molecule has 1 saturated heterocycles. The van der Waals surface area contributed by atoms with Gasteiger partial charge in [-0.1, -0.05) is 0 Å². The Labute approximate surface area is 78.6 Å². The lowest BCUT2D eigenvalue weighted by molar-refractivity contribution is -0.0581. The number of nitrogens with two attached hydrogens (primary N) is 1. The normalized spacial score (nSPS) is 29.9. The zero-order valence-electron chi connectivity index (χ0n) is 8.03. The molecule has 0 saturated carbocycles. The minimum atomic E-state index is 0.175. The number of morpholine rings is 1. The van der Waals surface area contributed by atoms with Gasteiger partial charge >= 0.3 is 0 Å². The van der Waals surface area contributed by atoms with Gasteiger partial charge < -0.3 is 15.4 Å². The second kappa shape index (κ2) is 4.15. The maximum Gasteiger partial charge on any atom is 0.110 e. The van der Waals surface area contributed by atoms with Crippen LogP contribution in [-0.2, 0) is 4.74 Å². The van der Waals surface area contributed by atoms with Crippen molar-refractivity contribution in [3.63, 3.8) is 0 Å². The average molecular weight is 181 g/mol. The van der Waals surface area contributed by atoms with E-state index in [0.29, 0.717) is 5.82 Å². The summed E-state index contributed by atoms with van der Waals surface area (Å²) in [5.41, 5.74) is 5.69. The van der Waals surface area contributed by atoms with E-state index in [4.69, 9.17) is 15.7 Å². The van der Waals surface area contributed by atoms with E-state index in [1.807, 2.05) is 24.8 Å². The van der Waals surface area contributed by atoms with Gasteiger partial charge in [0.1, 0.15) is 5.82 Å². The Bertz CT molecular complexity index is 234. The molecule has 0 bridgehead atoms. The van der Waals surface area contributed by atoms with Crippen molar-refractivity contribution < 1.29 is 4.74 Å². The smallest absolute Gasteiger partial charge is 0.110 e. The van der Waals surface area contributed by atoms with Gasteiger partial charge in [0.2, 0.25) is 0 Å². The van der Waals surface area contributed by atoms with Crippen LogP contribution in [0.25, 0.3) is 0 Å². The highest BCUT2D eigenvalue weighted by molar-refractivity contribution is 5.10. The average Bonchev–Trinajstić information content (AvgIpc) is 2.03. The standard InChI is InChI=1S/C9H15N3O/c1-7-5-12(6-8(2)13-7)9(11)3-4-10/h3,7-8H,5-6,11H2,1-2H3/b9-3+/t7-,8-/m1/s1. The van der Waals surface area contributed by atoms with Gasteiger partial charge in [-0.15, -0.1) is 0 Å². The maximum atomic E-state index is 8.43. The predicted molar refractivity (Wildman–Crippen MR) is 49.5 cm³/mol. The fourth-order valence-electron chi connectivity index (χ4n) is 1.55. The van der Waals surface area contributed by atoms with Crippen LogP contribution < -0.4 is 5.73 Å². The van der Waals surface area contributed by atoms with Gasteiger partial charge in [0.15, 0.2) is 0 Å². The minimum Gasteiger partial charge on any atom is -0.385 e. The van der Waals surface area contributed by atoms with Crippen molar-refractivity contribution in [1.82, 2.24) is 4.90 Å². The molecule has 1 aliphatic rings. The zero-order chi connectivity index (χ0) is 9.84. The topological polar surface area (TPSA) is 62.3 Å². The molecule has 4 heteroatoms. The first kappa shape index (κ1) is 9.87. The number of hydrogen-bond donors (Lipinski definition) is 1. The second-order valence-corrected chi connectivity index (χ2v) is 3.36. The van der Waals surface area contributed by atoms with Crippen molar-refractivity contribution in [2.75, 3.05) is 13.1 Å². The number of rotatable bonds is 1. The molecular formula is C9H15N3O. The van der Waals surface area contributed by atoms with E-state index in [-0.39, 0.29) is 12.2 Å². The highest BCUT2D eigenvalue weighted by Gasteiger charge is 2.22. The van der Waals surface area contributed by atoms with Crippen LogP contribution in [0.15, 0.2) is 11.9 Å². The molecule has 0 radical (unpaired) electrons. The molecule has 1 heterocycles. The van der Waals surface area contributed by atoms with Gasteiger partial charge in [-0.05, 0) is 13.8 Å². The first-order valence-corrected chi connectivity index (χ1v) is 4.39. The Morgan fingerprint density at radius 1 is 1.54 bits per heavy atom. The van der Waals surface area contributed by atoms with E-state index in [9.17, 15) is 0 Å². The zero-order valence-corrected chi connectivity index (χ0v) is 8.03. The predicted octanol–water partition coefficient (Wildman–Crippen LogP) is 0.419. The molecule has 1 fully saturated rings. The lowest BCUT2D eigenvalue weighted by Crippen LogP contribution is -2.46. The fraction of sp³-hybridized carbons (Fsp3) is 0.667. The van der Waals surface area contributed by atoms with Crippen molar-refractivity contribution in [3.05, 3.63) is 11.9 Å².